The lowest BCUT2D eigenvalue weighted by Crippen LogP contribution is -2.61. The molecular formula is C35H52ClFN8O4S. The molecule has 1 amide bonds. The second-order valence-corrected chi connectivity index (χ2v) is 17.4. The van der Waals surface area contributed by atoms with E-state index in [4.69, 9.17) is 4.74 Å². The lowest BCUT2D eigenvalue weighted by Gasteiger charge is -2.54. The number of carbonyl (C=O) groups is 1. The van der Waals surface area contributed by atoms with Crippen molar-refractivity contribution in [3.8, 4) is 11.5 Å². The molecule has 50 heavy (non-hydrogen) atoms. The van der Waals surface area contributed by atoms with Crippen LogP contribution in [0.1, 0.15) is 63.7 Å². The zero-order valence-electron chi connectivity index (χ0n) is 29.6. The number of nitrogens with one attached hydrogen (secondary N) is 1. The number of piperidine rings is 2. The average molecular weight is 735 g/mol. The van der Waals surface area contributed by atoms with Gasteiger partial charge in [-0.25, -0.2) is 14.4 Å². The lowest BCUT2D eigenvalue weighted by atomic mass is 9.72. The summed E-state index contributed by atoms with van der Waals surface area (Å²) in [4.78, 5) is 28.8. The van der Waals surface area contributed by atoms with E-state index in [-0.39, 0.29) is 47.1 Å². The molecule has 2 aromatic rings. The van der Waals surface area contributed by atoms with E-state index in [1.54, 1.807) is 19.7 Å². The fourth-order valence-electron chi connectivity index (χ4n) is 8.59. The number of halogens is 2. The molecule has 0 aliphatic carbocycles. The number of hydrogen-bond donors (Lipinski definition) is 1. The molecule has 1 N–H and O–H groups in total. The first-order chi connectivity index (χ1) is 23.4. The van der Waals surface area contributed by atoms with E-state index in [1.165, 1.54) is 24.5 Å². The maximum absolute atomic E-state index is 14.4. The Morgan fingerprint density at radius 1 is 1.04 bits per heavy atom. The summed E-state index contributed by atoms with van der Waals surface area (Å²) in [6, 6.07) is 4.26. The van der Waals surface area contributed by atoms with Crippen molar-refractivity contribution in [2.45, 2.75) is 71.5 Å². The zero-order valence-corrected chi connectivity index (χ0v) is 31.3. The molecule has 6 heterocycles. The molecule has 0 bridgehead atoms. The van der Waals surface area contributed by atoms with Crippen LogP contribution in [0.3, 0.4) is 0 Å². The van der Waals surface area contributed by atoms with E-state index in [0.717, 1.165) is 65.0 Å². The third-order valence-corrected chi connectivity index (χ3v) is 13.4. The van der Waals surface area contributed by atoms with Gasteiger partial charge in [0.2, 0.25) is 0 Å². The van der Waals surface area contributed by atoms with Gasteiger partial charge in [0.25, 0.3) is 16.1 Å². The maximum atomic E-state index is 14.4. The van der Waals surface area contributed by atoms with Gasteiger partial charge in [0.1, 0.15) is 17.9 Å². The van der Waals surface area contributed by atoms with Crippen molar-refractivity contribution in [3.05, 3.63) is 42.1 Å². The van der Waals surface area contributed by atoms with Crippen LogP contribution < -0.4 is 15.0 Å². The Balaban J connectivity index is 0.00000432. The highest BCUT2D eigenvalue weighted by Gasteiger charge is 2.47. The number of rotatable bonds is 10. The molecular weight excluding hydrogens is 683 g/mol. The van der Waals surface area contributed by atoms with Gasteiger partial charge in [-0.3, -0.25) is 4.79 Å². The van der Waals surface area contributed by atoms with Crippen LogP contribution in [0, 0.1) is 23.1 Å². The van der Waals surface area contributed by atoms with Crippen molar-refractivity contribution < 1.29 is 22.3 Å². The van der Waals surface area contributed by atoms with Gasteiger partial charge in [0.15, 0.2) is 11.6 Å². The molecule has 7 rings (SSSR count). The summed E-state index contributed by atoms with van der Waals surface area (Å²) in [5.41, 5.74) is 0.388. The van der Waals surface area contributed by atoms with E-state index >= 15 is 0 Å². The Kier molecular flexibility index (Phi) is 11.0. The molecule has 1 aromatic carbocycles. The minimum Gasteiger partial charge on any atom is -0.451 e. The first kappa shape index (κ1) is 37.1. The summed E-state index contributed by atoms with van der Waals surface area (Å²) < 4.78 is 50.6. The molecule has 0 radical (unpaired) electrons. The number of anilines is 1. The van der Waals surface area contributed by atoms with E-state index in [2.05, 4.69) is 25.1 Å². The highest BCUT2D eigenvalue weighted by Crippen LogP contribution is 2.45. The van der Waals surface area contributed by atoms with Crippen molar-refractivity contribution in [2.75, 3.05) is 70.3 Å². The number of fused-ring (bicyclic) bond motifs is 1. The van der Waals surface area contributed by atoms with Crippen LogP contribution >= 0.6 is 12.4 Å². The van der Waals surface area contributed by atoms with Crippen LogP contribution in [0.15, 0.2) is 30.7 Å². The third kappa shape index (κ3) is 7.34. The normalized spacial score (nSPS) is 24.5. The van der Waals surface area contributed by atoms with Crippen molar-refractivity contribution in [2.24, 2.45) is 17.3 Å². The minimum atomic E-state index is -3.36. The predicted molar refractivity (Wildman–Crippen MR) is 193 cm³/mol. The van der Waals surface area contributed by atoms with Crippen LogP contribution in [0.2, 0.25) is 0 Å². The van der Waals surface area contributed by atoms with Gasteiger partial charge in [-0.1, -0.05) is 0 Å². The first-order valence-electron chi connectivity index (χ1n) is 18.0. The average Bonchev–Trinajstić information content (AvgIpc) is 3.35. The van der Waals surface area contributed by atoms with Gasteiger partial charge in [0.05, 0.1) is 11.8 Å². The topological polar surface area (TPSA) is 114 Å². The smallest absolute Gasteiger partial charge is 0.282 e. The number of benzene rings is 1. The molecule has 0 saturated carbocycles. The number of aromatic nitrogens is 2. The summed E-state index contributed by atoms with van der Waals surface area (Å²) in [5, 5.41) is 3.35. The molecule has 5 aliphatic heterocycles. The molecule has 5 aliphatic rings. The van der Waals surface area contributed by atoms with Crippen LogP contribution in [-0.4, -0.2) is 126 Å². The molecule has 5 fully saturated rings. The predicted octanol–water partition coefficient (Wildman–Crippen LogP) is 3.85. The molecule has 2 atom stereocenters. The number of carbonyl (C=O) groups excluding carboxylic acids is 1. The molecule has 1 aromatic heterocycles. The molecule has 0 unspecified atom stereocenters. The Morgan fingerprint density at radius 3 is 2.34 bits per heavy atom. The number of amides is 1. The first-order valence-corrected chi connectivity index (χ1v) is 19.4. The van der Waals surface area contributed by atoms with E-state index in [9.17, 15) is 17.6 Å². The number of hydrogen-bond acceptors (Lipinski definition) is 9. The van der Waals surface area contributed by atoms with Gasteiger partial charge in [-0.2, -0.15) is 17.0 Å². The Hall–Kier alpha value is -2.62. The van der Waals surface area contributed by atoms with Crippen molar-refractivity contribution in [1.29, 1.82) is 0 Å². The van der Waals surface area contributed by atoms with Crippen LogP contribution in [0.25, 0.3) is 0 Å². The molecule has 1 spiro atoms. The molecule has 276 valence electrons. The van der Waals surface area contributed by atoms with E-state index in [0.29, 0.717) is 55.6 Å². The summed E-state index contributed by atoms with van der Waals surface area (Å²) in [6.07, 6.45) is 7.14. The van der Waals surface area contributed by atoms with Crippen LogP contribution in [0.4, 0.5) is 10.2 Å². The summed E-state index contributed by atoms with van der Waals surface area (Å²) in [5.74, 6) is 1.62. The Bertz CT molecular complexity index is 1610. The van der Waals surface area contributed by atoms with E-state index in [1.807, 2.05) is 27.7 Å². The second kappa shape index (κ2) is 14.8. The molecule has 5 saturated heterocycles. The summed E-state index contributed by atoms with van der Waals surface area (Å²) >= 11 is 0. The highest BCUT2D eigenvalue weighted by molar-refractivity contribution is 7.86. The fourth-order valence-corrected chi connectivity index (χ4v) is 10.3. The van der Waals surface area contributed by atoms with Gasteiger partial charge in [-0.15, -0.1) is 12.4 Å². The quantitative estimate of drug-likeness (QED) is 0.389. The highest BCUT2D eigenvalue weighted by atomic mass is 35.5. The van der Waals surface area contributed by atoms with Crippen molar-refractivity contribution in [3.63, 3.8) is 0 Å². The second-order valence-electron chi connectivity index (χ2n) is 15.5. The summed E-state index contributed by atoms with van der Waals surface area (Å²) in [7, 11) is -3.36. The van der Waals surface area contributed by atoms with Crippen molar-refractivity contribution in [1.82, 2.24) is 33.7 Å². The zero-order chi connectivity index (χ0) is 34.5. The SMILES string of the molecule is CC(C)N(C(=O)c1cc(F)ccc1Oc1cncnc1N1CC2(CCN(CC3CCN(S(=O)(=O)N4C[C@@H]5CN[C@@H]5C4)CC3)CC2)C1)C(C)C.Cl. The van der Waals surface area contributed by atoms with Gasteiger partial charge in [-0.05, 0) is 90.6 Å². The van der Waals surface area contributed by atoms with E-state index < -0.39 is 16.0 Å². The molecule has 15 heteroatoms. The standard InChI is InChI=1S/C35H51FN8O4S.ClH/c1-24(2)44(25(3)4)34(45)29-15-28(36)5-6-31(29)48-32-17-37-23-39-33(32)41-21-35(22-41)9-13-40(14-10-35)18-26-7-11-42(12-8-26)49(46,47)43-19-27-16-38-30(27)20-43;/h5-6,15,17,23-27,30,38H,7-14,16,18-22H2,1-4H3;1H/t27-,30+;/m0./s1. The summed E-state index contributed by atoms with van der Waals surface area (Å²) in [6.45, 7) is 16.0. The largest absolute Gasteiger partial charge is 0.451 e. The molecule has 12 nitrogen and oxygen atoms in total. The van der Waals surface area contributed by atoms with Gasteiger partial charge in [0, 0.05) is 81.8 Å². The number of likely N-dealkylation sites (tertiary alicyclic amines) is 1. The number of ether oxygens (including phenoxy) is 1. The van der Waals surface area contributed by atoms with Crippen LogP contribution in [-0.2, 0) is 10.2 Å². The van der Waals surface area contributed by atoms with Gasteiger partial charge < -0.3 is 24.8 Å². The minimum absolute atomic E-state index is 0. The number of nitrogens with zero attached hydrogens (tertiary/aromatic N) is 7. The van der Waals surface area contributed by atoms with Crippen LogP contribution in [0.5, 0.6) is 11.5 Å². The third-order valence-electron chi connectivity index (χ3n) is 11.5. The van der Waals surface area contributed by atoms with Gasteiger partial charge >= 0.3 is 0 Å². The van der Waals surface area contributed by atoms with Crippen molar-refractivity contribution >= 4 is 34.3 Å². The monoisotopic (exact) mass is 734 g/mol. The Morgan fingerprint density at radius 2 is 1.74 bits per heavy atom. The maximum Gasteiger partial charge on any atom is 0.282 e. The Labute approximate surface area is 302 Å². The fraction of sp³-hybridized carbons (Fsp3) is 0.686. The lowest BCUT2D eigenvalue weighted by molar-refractivity contribution is 0.0608.